The van der Waals surface area contributed by atoms with E-state index in [1.807, 2.05) is 33.8 Å². The number of amides is 1. The van der Waals surface area contributed by atoms with Gasteiger partial charge in [-0.1, -0.05) is 25.4 Å². The van der Waals surface area contributed by atoms with Gasteiger partial charge in [0.2, 0.25) is 5.91 Å². The molecule has 1 saturated heterocycles. The highest BCUT2D eigenvalue weighted by Gasteiger charge is 2.32. The van der Waals surface area contributed by atoms with Crippen molar-refractivity contribution in [2.75, 3.05) is 55.1 Å². The lowest BCUT2D eigenvalue weighted by Crippen LogP contribution is -2.39. The summed E-state index contributed by atoms with van der Waals surface area (Å²) in [6.07, 6.45) is -4.52. The van der Waals surface area contributed by atoms with E-state index in [1.165, 1.54) is 6.07 Å². The number of nitrogens with zero attached hydrogens (tertiary/aromatic N) is 1. The van der Waals surface area contributed by atoms with Crippen LogP contribution in [-0.4, -0.2) is 51.5 Å². The smallest absolute Gasteiger partial charge is 0.416 e. The van der Waals surface area contributed by atoms with Gasteiger partial charge in [0.1, 0.15) is 17.5 Å². The van der Waals surface area contributed by atoms with Gasteiger partial charge in [-0.25, -0.2) is 0 Å². The van der Waals surface area contributed by atoms with Crippen LogP contribution in [0.3, 0.4) is 0 Å². The van der Waals surface area contributed by atoms with Gasteiger partial charge in [0.05, 0.1) is 54.1 Å². The van der Waals surface area contributed by atoms with Gasteiger partial charge in [-0.2, -0.15) is 13.2 Å². The summed E-state index contributed by atoms with van der Waals surface area (Å²) in [5.74, 6) is 0.472. The first-order chi connectivity index (χ1) is 17.5. The first kappa shape index (κ1) is 28.7. The van der Waals surface area contributed by atoms with Crippen molar-refractivity contribution >= 4 is 34.6 Å². The molecule has 0 radical (unpaired) electrons. The largest absolute Gasteiger partial charge is 0.492 e. The number of ether oxygens (including phenoxy) is 3. The molecule has 0 aromatic heterocycles. The summed E-state index contributed by atoms with van der Waals surface area (Å²) in [6.45, 7) is 10.8. The van der Waals surface area contributed by atoms with Crippen LogP contribution in [0.15, 0.2) is 30.3 Å². The molecule has 204 valence electrons. The summed E-state index contributed by atoms with van der Waals surface area (Å²) in [7, 11) is 0. The molecule has 2 aromatic carbocycles. The zero-order valence-electron chi connectivity index (χ0n) is 21.4. The lowest BCUT2D eigenvalue weighted by Gasteiger charge is -2.31. The fourth-order valence-electron chi connectivity index (χ4n) is 3.97. The Morgan fingerprint density at radius 1 is 1.05 bits per heavy atom. The van der Waals surface area contributed by atoms with Crippen LogP contribution in [0.1, 0.15) is 33.3 Å². The maximum atomic E-state index is 13.4. The highest BCUT2D eigenvalue weighted by atomic mass is 35.5. The summed E-state index contributed by atoms with van der Waals surface area (Å²) >= 11 is 6.12. The predicted molar refractivity (Wildman–Crippen MR) is 139 cm³/mol. The molecular weight excluding hydrogens is 511 g/mol. The topological polar surface area (TPSA) is 72.1 Å². The first-order valence-corrected chi connectivity index (χ1v) is 12.6. The SMILES string of the molecule is CCOc1cc(N2CCOCC2)c(OCC)cc1NC(=O)C(Nc1ccc(C(F)(F)F)cc1Cl)C(C)C. The maximum absolute atomic E-state index is 13.4. The number of rotatable bonds is 10. The third-order valence-corrected chi connectivity index (χ3v) is 6.14. The Morgan fingerprint density at radius 3 is 2.27 bits per heavy atom. The van der Waals surface area contributed by atoms with Crippen LogP contribution in [-0.2, 0) is 15.7 Å². The molecule has 2 N–H and O–H groups in total. The Kier molecular flexibility index (Phi) is 9.78. The molecule has 1 amide bonds. The molecule has 1 fully saturated rings. The maximum Gasteiger partial charge on any atom is 0.416 e. The second-order valence-electron chi connectivity index (χ2n) is 8.83. The fourth-order valence-corrected chi connectivity index (χ4v) is 4.20. The number of carbonyl (C=O) groups is 1. The molecule has 37 heavy (non-hydrogen) atoms. The third-order valence-electron chi connectivity index (χ3n) is 5.83. The lowest BCUT2D eigenvalue weighted by atomic mass is 10.0. The van der Waals surface area contributed by atoms with Gasteiger partial charge in [-0.15, -0.1) is 0 Å². The molecule has 0 saturated carbocycles. The van der Waals surface area contributed by atoms with Gasteiger partial charge in [-0.3, -0.25) is 4.79 Å². The number of nitrogens with one attached hydrogen (secondary N) is 2. The quantitative estimate of drug-likeness (QED) is 0.379. The molecule has 0 spiro atoms. The molecule has 0 bridgehead atoms. The minimum Gasteiger partial charge on any atom is -0.492 e. The van der Waals surface area contributed by atoms with E-state index < -0.39 is 23.7 Å². The summed E-state index contributed by atoms with van der Waals surface area (Å²) in [4.78, 5) is 15.5. The Hall–Kier alpha value is -2.85. The molecule has 0 aliphatic carbocycles. The summed E-state index contributed by atoms with van der Waals surface area (Å²) in [5, 5.41) is 5.77. The van der Waals surface area contributed by atoms with Crippen molar-refractivity contribution in [1.29, 1.82) is 0 Å². The van der Waals surface area contributed by atoms with Crippen LogP contribution >= 0.6 is 11.6 Å². The molecule has 3 rings (SSSR count). The van der Waals surface area contributed by atoms with E-state index in [-0.39, 0.29) is 16.6 Å². The van der Waals surface area contributed by atoms with Crippen LogP contribution in [0.5, 0.6) is 11.5 Å². The Morgan fingerprint density at radius 2 is 1.70 bits per heavy atom. The molecule has 1 atom stereocenters. The van der Waals surface area contributed by atoms with Crippen molar-refractivity contribution in [2.45, 2.75) is 39.9 Å². The molecule has 1 heterocycles. The van der Waals surface area contributed by atoms with Gasteiger partial charge < -0.3 is 29.7 Å². The average molecular weight is 544 g/mol. The van der Waals surface area contributed by atoms with E-state index in [0.717, 1.165) is 17.8 Å². The predicted octanol–water partition coefficient (Wildman–Crippen LogP) is 6.07. The number of benzene rings is 2. The minimum absolute atomic E-state index is 0.128. The second kappa shape index (κ2) is 12.6. The minimum atomic E-state index is -4.52. The Labute approximate surface area is 220 Å². The molecule has 1 aliphatic heterocycles. The highest BCUT2D eigenvalue weighted by molar-refractivity contribution is 6.33. The van der Waals surface area contributed by atoms with Crippen molar-refractivity contribution in [3.05, 3.63) is 40.9 Å². The molecule has 1 unspecified atom stereocenters. The van der Waals surface area contributed by atoms with E-state index >= 15 is 0 Å². The number of hydrogen-bond donors (Lipinski definition) is 2. The van der Waals surface area contributed by atoms with Gasteiger partial charge >= 0.3 is 6.18 Å². The van der Waals surface area contributed by atoms with E-state index in [2.05, 4.69) is 15.5 Å². The van der Waals surface area contributed by atoms with Gasteiger partial charge in [-0.05, 0) is 38.0 Å². The third kappa shape index (κ3) is 7.35. The number of hydrogen-bond acceptors (Lipinski definition) is 6. The van der Waals surface area contributed by atoms with E-state index in [1.54, 1.807) is 6.07 Å². The number of carbonyl (C=O) groups excluding carboxylic acids is 1. The van der Waals surface area contributed by atoms with Gasteiger partial charge in [0, 0.05) is 25.2 Å². The molecule has 11 heteroatoms. The van der Waals surface area contributed by atoms with Crippen LogP contribution in [0, 0.1) is 5.92 Å². The summed E-state index contributed by atoms with van der Waals surface area (Å²) in [6, 6.07) is 5.78. The van der Waals surface area contributed by atoms with Crippen molar-refractivity contribution in [2.24, 2.45) is 5.92 Å². The van der Waals surface area contributed by atoms with Crippen molar-refractivity contribution in [3.63, 3.8) is 0 Å². The van der Waals surface area contributed by atoms with E-state index in [9.17, 15) is 18.0 Å². The second-order valence-corrected chi connectivity index (χ2v) is 9.24. The number of halogens is 4. The Bertz CT molecular complexity index is 1080. The molecule has 1 aliphatic rings. The van der Waals surface area contributed by atoms with Crippen LogP contribution in [0.25, 0.3) is 0 Å². The lowest BCUT2D eigenvalue weighted by molar-refractivity contribution is -0.137. The van der Waals surface area contributed by atoms with Crippen LogP contribution < -0.4 is 25.0 Å². The first-order valence-electron chi connectivity index (χ1n) is 12.3. The van der Waals surface area contributed by atoms with E-state index in [4.69, 9.17) is 25.8 Å². The standard InChI is InChI=1S/C26H33ClF3N3O4/c1-5-36-22-15-21(33-9-11-35-12-10-33)23(37-6-2)14-20(22)32-25(34)24(16(3)4)31-19-8-7-17(13-18(19)27)26(28,29)30/h7-8,13-16,24,31H,5-6,9-12H2,1-4H3,(H,32,34). The zero-order valence-corrected chi connectivity index (χ0v) is 22.1. The number of alkyl halides is 3. The Balaban J connectivity index is 1.89. The number of anilines is 3. The average Bonchev–Trinajstić information content (AvgIpc) is 2.84. The zero-order chi connectivity index (χ0) is 27.2. The van der Waals surface area contributed by atoms with Gasteiger partial charge in [0.15, 0.2) is 0 Å². The fraction of sp³-hybridized carbons (Fsp3) is 0.500. The monoisotopic (exact) mass is 543 g/mol. The highest BCUT2D eigenvalue weighted by Crippen LogP contribution is 2.40. The van der Waals surface area contributed by atoms with Gasteiger partial charge in [0.25, 0.3) is 0 Å². The van der Waals surface area contributed by atoms with Crippen molar-refractivity contribution < 1.29 is 32.2 Å². The van der Waals surface area contributed by atoms with Crippen LogP contribution in [0.2, 0.25) is 5.02 Å². The normalized spacial score (nSPS) is 14.9. The number of morpholine rings is 1. The van der Waals surface area contributed by atoms with Crippen molar-refractivity contribution in [3.8, 4) is 11.5 Å². The van der Waals surface area contributed by atoms with Crippen LogP contribution in [0.4, 0.5) is 30.2 Å². The summed E-state index contributed by atoms with van der Waals surface area (Å²) in [5.41, 5.74) is 0.643. The van der Waals surface area contributed by atoms with Crippen molar-refractivity contribution in [1.82, 2.24) is 0 Å². The van der Waals surface area contributed by atoms with E-state index in [0.29, 0.717) is 56.7 Å². The molecule has 2 aromatic rings. The summed E-state index contributed by atoms with van der Waals surface area (Å²) < 4.78 is 56.3. The molecular formula is C26H33ClF3N3O4. The molecule has 7 nitrogen and oxygen atoms in total.